The van der Waals surface area contributed by atoms with E-state index in [1.165, 1.54) is 120 Å². The van der Waals surface area contributed by atoms with Crippen molar-refractivity contribution in [1.29, 1.82) is 0 Å². The summed E-state index contributed by atoms with van der Waals surface area (Å²) in [6, 6.07) is 33.5. The number of hydrogen-bond acceptors (Lipinski definition) is 0. The van der Waals surface area contributed by atoms with Crippen LogP contribution in [0.25, 0.3) is 34.4 Å². The molecule has 0 nitrogen and oxygen atoms in total. The summed E-state index contributed by atoms with van der Waals surface area (Å²) < 4.78 is 0.279. The second-order valence-corrected chi connectivity index (χ2v) is 62.6. The van der Waals surface area contributed by atoms with Gasteiger partial charge in [-0.3, -0.25) is 0 Å². The first-order valence-corrected chi connectivity index (χ1v) is 38.7. The van der Waals surface area contributed by atoms with E-state index in [0.717, 1.165) is 24.2 Å². The second-order valence-electron chi connectivity index (χ2n) is 20.1. The normalized spacial score (nSPS) is 28.7. The van der Waals surface area contributed by atoms with Crippen LogP contribution < -0.4 is 0 Å². The average molecular weight is 876 g/mol. The molecular formula is C52H61Cl2SiZr. The van der Waals surface area contributed by atoms with Crippen molar-refractivity contribution < 1.29 is 15.6 Å². The quantitative estimate of drug-likeness (QED) is 0.147. The molecule has 4 aromatic carbocycles. The molecule has 0 amide bonds. The van der Waals surface area contributed by atoms with Crippen molar-refractivity contribution in [2.45, 2.75) is 123 Å². The van der Waals surface area contributed by atoms with Crippen LogP contribution in [0.4, 0.5) is 0 Å². The van der Waals surface area contributed by atoms with Crippen LogP contribution in [0.2, 0.25) is 13.1 Å². The molecule has 5 fully saturated rings. The van der Waals surface area contributed by atoms with E-state index in [9.17, 15) is 0 Å². The molecular weight excluding hydrogens is 815 g/mol. The fourth-order valence-corrected chi connectivity index (χ4v) is 45.3. The molecule has 0 radical (unpaired) electrons. The van der Waals surface area contributed by atoms with Gasteiger partial charge in [0.25, 0.3) is 0 Å². The Morgan fingerprint density at radius 3 is 1.71 bits per heavy atom. The van der Waals surface area contributed by atoms with Gasteiger partial charge in [0, 0.05) is 0 Å². The third kappa shape index (κ3) is 5.86. The number of rotatable bonds is 9. The fraction of sp³-hybridized carbons (Fsp3) is 0.462. The van der Waals surface area contributed by atoms with E-state index in [1.807, 2.05) is 0 Å². The van der Waals surface area contributed by atoms with Crippen LogP contribution in [0.3, 0.4) is 0 Å². The zero-order valence-corrected chi connectivity index (χ0v) is 39.5. The van der Waals surface area contributed by atoms with Gasteiger partial charge in [0.1, 0.15) is 0 Å². The van der Waals surface area contributed by atoms with Gasteiger partial charge in [0.15, 0.2) is 0 Å². The van der Waals surface area contributed by atoms with Gasteiger partial charge >= 0.3 is 349 Å². The van der Waals surface area contributed by atoms with Gasteiger partial charge in [-0.05, 0) is 0 Å². The van der Waals surface area contributed by atoms with Crippen molar-refractivity contribution in [2.24, 2.45) is 23.7 Å². The van der Waals surface area contributed by atoms with E-state index >= 15 is 0 Å². The first-order chi connectivity index (χ1) is 27.0. The molecule has 4 aromatic rings. The minimum atomic E-state index is -4.89. The monoisotopic (exact) mass is 873 g/mol. The average Bonchev–Trinajstić information content (AvgIpc) is 3.95. The van der Waals surface area contributed by atoms with Crippen molar-refractivity contribution >= 4 is 35.1 Å². The Balaban J connectivity index is 1.08. The van der Waals surface area contributed by atoms with Crippen LogP contribution in [0, 0.1) is 23.7 Å². The number of allylic oxidation sites excluding steroid dienone is 2. The Hall–Kier alpha value is -1.96. The summed E-state index contributed by atoms with van der Waals surface area (Å²) in [5.41, 5.74) is 17.4. The van der Waals surface area contributed by atoms with Crippen molar-refractivity contribution in [2.75, 3.05) is 0 Å². The molecule has 4 heteroatoms. The Kier molecular flexibility index (Phi) is 9.61. The maximum atomic E-state index is 8.92. The van der Waals surface area contributed by atoms with Crippen LogP contribution in [-0.4, -0.2) is 5.92 Å². The Labute approximate surface area is 346 Å². The summed E-state index contributed by atoms with van der Waals surface area (Å²) in [4.78, 5) is 0. The van der Waals surface area contributed by atoms with Crippen LogP contribution >= 0.6 is 17.0 Å². The molecule has 5 saturated carbocycles. The molecule has 2 unspecified atom stereocenters. The van der Waals surface area contributed by atoms with Gasteiger partial charge in [-0.1, -0.05) is 0 Å². The number of hydrogen-bond donors (Lipinski definition) is 0. The van der Waals surface area contributed by atoms with Crippen LogP contribution in [-0.2, 0) is 21.0 Å². The molecule has 11 rings (SSSR count). The summed E-state index contributed by atoms with van der Waals surface area (Å²) >= 11 is -4.89. The number of fused-ring (bicyclic) bond motifs is 2. The van der Waals surface area contributed by atoms with Gasteiger partial charge in [-0.2, -0.15) is 0 Å². The molecule has 4 bridgehead atoms. The second kappa shape index (κ2) is 14.1. The van der Waals surface area contributed by atoms with E-state index in [-0.39, 0.29) is 7.25 Å². The summed E-state index contributed by atoms with van der Waals surface area (Å²) in [5, 5.41) is 0. The summed E-state index contributed by atoms with van der Waals surface area (Å²) in [6.07, 6.45) is 20.0. The molecule has 0 N–H and O–H groups in total. The zero-order valence-electron chi connectivity index (χ0n) is 34.4. The molecule has 2 atom stereocenters. The van der Waals surface area contributed by atoms with E-state index in [2.05, 4.69) is 131 Å². The molecule has 0 aromatic heterocycles. The molecule has 0 heterocycles. The van der Waals surface area contributed by atoms with Crippen LogP contribution in [0.15, 0.2) is 96.1 Å². The molecule has 0 spiro atoms. The van der Waals surface area contributed by atoms with E-state index < -0.39 is 21.5 Å². The van der Waals surface area contributed by atoms with E-state index in [0.29, 0.717) is 17.3 Å². The Morgan fingerprint density at radius 2 is 1.20 bits per heavy atom. The van der Waals surface area contributed by atoms with Gasteiger partial charge < -0.3 is 0 Å². The molecule has 7 aliphatic rings. The third-order valence-electron chi connectivity index (χ3n) is 16.4. The summed E-state index contributed by atoms with van der Waals surface area (Å²) in [6.45, 7) is 11.9. The molecule has 7 aliphatic carbocycles. The minimum absolute atomic E-state index is 0.132. The van der Waals surface area contributed by atoms with Gasteiger partial charge in [0.05, 0.1) is 0 Å². The summed E-state index contributed by atoms with van der Waals surface area (Å²) in [7, 11) is 17.8. The van der Waals surface area contributed by atoms with Crippen molar-refractivity contribution in [3.8, 4) is 22.3 Å². The standard InChI is InChI=1S/C27H29.C23H25.C2H7Si.2ClH.Zr/c1-2-18-13-23-4-3-5-25(26(23)14-18)22-6-8-24(9-7-22)27-15-19-10-20(16-27)12-21(11-19)17-27;1-16(2)17-10-12-19(13-11-17)22-9-5-8-20-14-21(15-23(20)22)18-6-3-4-7-18;1-3-2;;;/h3-9,13-14,19-21H,2,10-12,15-17H2,1H3;5,8-16,18H,3-4,6-7H2,1-2H3;3H,1-2H3;2*1H;/q;;;;;+2/p-2. The van der Waals surface area contributed by atoms with Gasteiger partial charge in [-0.15, -0.1) is 0 Å². The van der Waals surface area contributed by atoms with Crippen molar-refractivity contribution in [3.05, 3.63) is 129 Å². The van der Waals surface area contributed by atoms with Crippen LogP contribution in [0.1, 0.15) is 138 Å². The van der Waals surface area contributed by atoms with Crippen molar-refractivity contribution in [3.63, 3.8) is 0 Å². The topological polar surface area (TPSA) is 0 Å². The Morgan fingerprint density at radius 1 is 0.679 bits per heavy atom. The Bertz CT molecular complexity index is 2200. The predicted octanol–water partition coefficient (Wildman–Crippen LogP) is 15.8. The first-order valence-electron chi connectivity index (χ1n) is 22.4. The van der Waals surface area contributed by atoms with Gasteiger partial charge in [-0.25, -0.2) is 0 Å². The first kappa shape index (κ1) is 38.3. The third-order valence-corrected chi connectivity index (χ3v) is 68.2. The van der Waals surface area contributed by atoms with Crippen molar-refractivity contribution in [1.82, 2.24) is 0 Å². The molecule has 56 heavy (non-hydrogen) atoms. The maximum absolute atomic E-state index is 8.92. The molecule has 0 saturated heterocycles. The van der Waals surface area contributed by atoms with Crippen LogP contribution in [0.5, 0.6) is 0 Å². The summed E-state index contributed by atoms with van der Waals surface area (Å²) in [5.74, 6) is 2.31. The zero-order chi connectivity index (χ0) is 38.6. The SMILES string of the molecule is CCC1=Cc2c(-c3ccc(C45CC6CC(CC(C6)C4)C5)cc3)cccc2[CH]1[Zr]([Cl])([Cl])([CH]1C(C2CCCC2)=Cc2c(-c3ccc(C(C)C)cc3)cccc21)[SiH](C)C. The van der Waals surface area contributed by atoms with E-state index in [1.54, 1.807) is 11.1 Å². The number of halogens is 2. The molecule has 0 aliphatic heterocycles. The fourth-order valence-electron chi connectivity index (χ4n) is 13.9. The van der Waals surface area contributed by atoms with Gasteiger partial charge in [0.2, 0.25) is 0 Å². The predicted molar refractivity (Wildman–Crippen MR) is 242 cm³/mol. The van der Waals surface area contributed by atoms with E-state index in [4.69, 9.17) is 17.0 Å². The number of benzene rings is 4. The molecule has 291 valence electrons.